The van der Waals surface area contributed by atoms with Crippen molar-refractivity contribution in [3.05, 3.63) is 63.1 Å². The molecule has 0 aliphatic carbocycles. The fraction of sp³-hybridized carbons (Fsp3) is 0.316. The Bertz CT molecular complexity index is 1040. The lowest BCUT2D eigenvalue weighted by atomic mass is 10.0. The SMILES string of the molecule is CN1C(=O)c2c(O)c(=O)c(C(=O)CCc3ccc(F)cc3F)cn2CN1CCO. The summed E-state index contributed by atoms with van der Waals surface area (Å²) in [5.41, 5.74) is -1.46. The smallest absolute Gasteiger partial charge is 0.288 e. The zero-order chi connectivity index (χ0) is 21.3. The van der Waals surface area contributed by atoms with Crippen LogP contribution in [0.4, 0.5) is 8.78 Å². The number of halogens is 2. The molecule has 0 fully saturated rings. The largest absolute Gasteiger partial charge is 0.503 e. The van der Waals surface area contributed by atoms with Crippen molar-refractivity contribution in [1.29, 1.82) is 0 Å². The molecule has 2 aromatic rings. The van der Waals surface area contributed by atoms with E-state index in [9.17, 15) is 28.3 Å². The molecule has 1 aromatic carbocycles. The van der Waals surface area contributed by atoms with Gasteiger partial charge in [-0.1, -0.05) is 6.07 Å². The van der Waals surface area contributed by atoms with E-state index in [4.69, 9.17) is 5.11 Å². The topological polar surface area (TPSA) is 103 Å². The molecule has 0 spiro atoms. The number of carbonyl (C=O) groups excluding carboxylic acids is 2. The second-order valence-electron chi connectivity index (χ2n) is 6.62. The van der Waals surface area contributed by atoms with Gasteiger partial charge in [-0.05, 0) is 18.1 Å². The highest BCUT2D eigenvalue weighted by Crippen LogP contribution is 2.22. The number of β-amino-alcohol motifs (C(OH)–C–C–N with tert-alkyl or cyclic N) is 1. The number of aliphatic hydroxyl groups is 1. The minimum atomic E-state index is -0.988. The second kappa shape index (κ2) is 8.10. The summed E-state index contributed by atoms with van der Waals surface area (Å²) in [6.45, 7) is -0.0747. The standard InChI is InChI=1S/C19H19F2N3O5/c1-22-19(29)16-18(28)17(27)13(9-23(16)10-24(22)6-7-25)15(26)5-3-11-2-4-12(20)8-14(11)21/h2,4,8-9,25,28H,3,5-7,10H2,1H3. The maximum atomic E-state index is 13.7. The lowest BCUT2D eigenvalue weighted by Gasteiger charge is -2.37. The molecule has 0 bridgehead atoms. The number of rotatable bonds is 6. The molecule has 2 N–H and O–H groups in total. The summed E-state index contributed by atoms with van der Waals surface area (Å²) in [4.78, 5) is 37.4. The highest BCUT2D eigenvalue weighted by molar-refractivity contribution is 5.99. The molecule has 2 heterocycles. The number of aryl methyl sites for hydroxylation is 1. The number of aliphatic hydroxyl groups excluding tert-OH is 1. The Balaban J connectivity index is 1.89. The van der Waals surface area contributed by atoms with Crippen LogP contribution in [0.25, 0.3) is 0 Å². The van der Waals surface area contributed by atoms with Gasteiger partial charge in [0.05, 0.1) is 18.8 Å². The van der Waals surface area contributed by atoms with Gasteiger partial charge in [-0.3, -0.25) is 19.4 Å². The predicted molar refractivity (Wildman–Crippen MR) is 97.3 cm³/mol. The van der Waals surface area contributed by atoms with Gasteiger partial charge in [-0.2, -0.15) is 5.01 Å². The molecule has 1 aliphatic heterocycles. The number of Topliss-reactive ketones (excluding diaryl/α,β-unsaturated/α-hetero) is 1. The van der Waals surface area contributed by atoms with Crippen molar-refractivity contribution in [2.45, 2.75) is 19.5 Å². The number of hydrogen-bond donors (Lipinski definition) is 2. The average Bonchev–Trinajstić information content (AvgIpc) is 2.67. The zero-order valence-electron chi connectivity index (χ0n) is 15.6. The molecule has 1 aliphatic rings. The number of ketones is 1. The Labute approximate surface area is 164 Å². The third-order valence-corrected chi connectivity index (χ3v) is 4.79. The normalized spacial score (nSPS) is 14.2. The number of hydrogen-bond acceptors (Lipinski definition) is 6. The Kier molecular flexibility index (Phi) is 5.76. The molecule has 3 rings (SSSR count). The maximum Gasteiger partial charge on any atom is 0.288 e. The van der Waals surface area contributed by atoms with Gasteiger partial charge < -0.3 is 14.8 Å². The molecular formula is C19H19F2N3O5. The van der Waals surface area contributed by atoms with E-state index in [-0.39, 0.29) is 49.5 Å². The summed E-state index contributed by atoms with van der Waals surface area (Å²) < 4.78 is 28.0. The number of pyridine rings is 1. The second-order valence-corrected chi connectivity index (χ2v) is 6.62. The van der Waals surface area contributed by atoms with Gasteiger partial charge in [-0.25, -0.2) is 8.78 Å². The molecule has 154 valence electrons. The van der Waals surface area contributed by atoms with Crippen LogP contribution in [0.2, 0.25) is 0 Å². The van der Waals surface area contributed by atoms with Gasteiger partial charge in [0.2, 0.25) is 5.43 Å². The van der Waals surface area contributed by atoms with Crippen molar-refractivity contribution in [3.63, 3.8) is 0 Å². The van der Waals surface area contributed by atoms with Crippen LogP contribution >= 0.6 is 0 Å². The van der Waals surface area contributed by atoms with E-state index < -0.39 is 34.5 Å². The minimum Gasteiger partial charge on any atom is -0.503 e. The first-order valence-corrected chi connectivity index (χ1v) is 8.82. The lowest BCUT2D eigenvalue weighted by molar-refractivity contribution is -0.0362. The van der Waals surface area contributed by atoms with E-state index >= 15 is 0 Å². The Morgan fingerprint density at radius 1 is 1.24 bits per heavy atom. The number of fused-ring (bicyclic) bond motifs is 1. The van der Waals surface area contributed by atoms with E-state index in [1.165, 1.54) is 33.9 Å². The fourth-order valence-corrected chi connectivity index (χ4v) is 3.18. The number of carbonyl (C=O) groups is 2. The molecule has 0 atom stereocenters. The van der Waals surface area contributed by atoms with Crippen LogP contribution in [0, 0.1) is 11.6 Å². The number of aromatic hydroxyl groups is 1. The first kappa shape index (κ1) is 20.6. The van der Waals surface area contributed by atoms with Gasteiger partial charge in [0.25, 0.3) is 5.91 Å². The summed E-state index contributed by atoms with van der Waals surface area (Å²) in [6, 6.07) is 2.99. The molecule has 8 nitrogen and oxygen atoms in total. The summed E-state index contributed by atoms with van der Waals surface area (Å²) >= 11 is 0. The predicted octanol–water partition coefficient (Wildman–Crippen LogP) is 0.900. The quantitative estimate of drug-likeness (QED) is 0.690. The molecular weight excluding hydrogens is 388 g/mol. The van der Waals surface area contributed by atoms with Crippen LogP contribution in [0.1, 0.15) is 32.8 Å². The van der Waals surface area contributed by atoms with Crippen LogP contribution in [0.3, 0.4) is 0 Å². The summed E-state index contributed by atoms with van der Waals surface area (Å²) in [7, 11) is 1.43. The van der Waals surface area contributed by atoms with Crippen molar-refractivity contribution < 1.29 is 28.6 Å². The van der Waals surface area contributed by atoms with Crippen molar-refractivity contribution >= 4 is 11.7 Å². The molecule has 10 heteroatoms. The third-order valence-electron chi connectivity index (χ3n) is 4.79. The molecule has 0 radical (unpaired) electrons. The highest BCUT2D eigenvalue weighted by Gasteiger charge is 2.32. The van der Waals surface area contributed by atoms with Crippen LogP contribution in [0.15, 0.2) is 29.2 Å². The summed E-state index contributed by atoms with van der Waals surface area (Å²) in [6.07, 6.45) is 0.867. The molecule has 1 aromatic heterocycles. The van der Waals surface area contributed by atoms with E-state index in [0.29, 0.717) is 6.07 Å². The van der Waals surface area contributed by atoms with E-state index in [1.807, 2.05) is 0 Å². The summed E-state index contributed by atoms with van der Waals surface area (Å²) in [5, 5.41) is 22.0. The van der Waals surface area contributed by atoms with Crippen LogP contribution in [-0.2, 0) is 13.1 Å². The van der Waals surface area contributed by atoms with Crippen molar-refractivity contribution in [3.8, 4) is 5.75 Å². The van der Waals surface area contributed by atoms with E-state index in [1.54, 1.807) is 0 Å². The van der Waals surface area contributed by atoms with Crippen molar-refractivity contribution in [2.75, 3.05) is 20.2 Å². The van der Waals surface area contributed by atoms with Crippen molar-refractivity contribution in [2.24, 2.45) is 0 Å². The van der Waals surface area contributed by atoms with Gasteiger partial charge in [0.1, 0.15) is 11.6 Å². The monoisotopic (exact) mass is 407 g/mol. The number of benzene rings is 1. The Morgan fingerprint density at radius 3 is 2.62 bits per heavy atom. The molecule has 0 unspecified atom stereocenters. The van der Waals surface area contributed by atoms with Gasteiger partial charge in [0.15, 0.2) is 17.2 Å². The Hall–Kier alpha value is -3.11. The average molecular weight is 407 g/mol. The molecule has 1 amide bonds. The zero-order valence-corrected chi connectivity index (χ0v) is 15.6. The fourth-order valence-electron chi connectivity index (χ4n) is 3.18. The number of aromatic nitrogens is 1. The highest BCUT2D eigenvalue weighted by atomic mass is 19.1. The maximum absolute atomic E-state index is 13.7. The van der Waals surface area contributed by atoms with Crippen molar-refractivity contribution in [1.82, 2.24) is 14.6 Å². The molecule has 0 saturated heterocycles. The van der Waals surface area contributed by atoms with Gasteiger partial charge in [0, 0.05) is 32.3 Å². The lowest BCUT2D eigenvalue weighted by Crippen LogP contribution is -2.51. The van der Waals surface area contributed by atoms with E-state index in [0.717, 1.165) is 6.07 Å². The number of nitrogens with zero attached hydrogens (tertiary/aromatic N) is 3. The van der Waals surface area contributed by atoms with Crippen LogP contribution in [-0.4, -0.2) is 56.7 Å². The Morgan fingerprint density at radius 2 is 1.97 bits per heavy atom. The first-order chi connectivity index (χ1) is 13.7. The third kappa shape index (κ3) is 3.89. The number of hydrazine groups is 1. The van der Waals surface area contributed by atoms with Gasteiger partial charge in [-0.15, -0.1) is 0 Å². The molecule has 29 heavy (non-hydrogen) atoms. The molecule has 0 saturated carbocycles. The van der Waals surface area contributed by atoms with Crippen LogP contribution in [0.5, 0.6) is 5.75 Å². The van der Waals surface area contributed by atoms with Gasteiger partial charge >= 0.3 is 0 Å². The van der Waals surface area contributed by atoms with E-state index in [2.05, 4.69) is 0 Å². The summed E-state index contributed by atoms with van der Waals surface area (Å²) in [5.74, 6) is -3.69. The minimum absolute atomic E-state index is 0.0266. The first-order valence-electron chi connectivity index (χ1n) is 8.82. The van der Waals surface area contributed by atoms with Crippen LogP contribution < -0.4 is 5.43 Å². The number of amides is 1.